The van der Waals surface area contributed by atoms with Crippen molar-refractivity contribution in [1.82, 2.24) is 4.98 Å². The van der Waals surface area contributed by atoms with Crippen LogP contribution in [0.5, 0.6) is 5.88 Å². The number of nitrogens with zero attached hydrogens (tertiary/aromatic N) is 2. The van der Waals surface area contributed by atoms with Gasteiger partial charge in [-0.05, 0) is 0 Å². The lowest BCUT2D eigenvalue weighted by Gasteiger charge is -2.05. The van der Waals surface area contributed by atoms with Gasteiger partial charge in [0.15, 0.2) is 5.82 Å². The molecule has 0 amide bonds. The first-order chi connectivity index (χ1) is 7.17. The second kappa shape index (κ2) is 5.08. The Morgan fingerprint density at radius 2 is 2.40 bits per heavy atom. The largest absolute Gasteiger partial charge is 0.475 e. The number of nitro groups is 1. The smallest absolute Gasteiger partial charge is 0.278 e. The quantitative estimate of drug-likeness (QED) is 0.347. The topological polar surface area (TPSA) is 124 Å². The van der Waals surface area contributed by atoms with E-state index in [0.29, 0.717) is 0 Å². The third-order valence-electron chi connectivity index (χ3n) is 1.49. The number of hydrogen-bond acceptors (Lipinski definition) is 7. The fourth-order valence-electron chi connectivity index (χ4n) is 0.895. The average Bonchev–Trinajstić information content (AvgIpc) is 2.25. The summed E-state index contributed by atoms with van der Waals surface area (Å²) in [7, 11) is 0. The molecule has 15 heavy (non-hydrogen) atoms. The first-order valence-electron chi connectivity index (χ1n) is 4.04. The number of anilines is 1. The van der Waals surface area contributed by atoms with Crippen molar-refractivity contribution < 1.29 is 14.8 Å². The Morgan fingerprint density at radius 1 is 1.67 bits per heavy atom. The Kier molecular flexibility index (Phi) is 3.77. The number of nitrogen functional groups attached to an aromatic ring is 1. The molecular weight excluding hydrogens is 204 g/mol. The molecule has 1 aromatic heterocycles. The minimum atomic E-state index is -0.589. The lowest BCUT2D eigenvalue weighted by molar-refractivity contribution is -0.384. The summed E-state index contributed by atoms with van der Waals surface area (Å²) >= 11 is 0. The Labute approximate surface area is 84.8 Å². The minimum absolute atomic E-state index is 0.0121. The Bertz CT molecular complexity index is 357. The summed E-state index contributed by atoms with van der Waals surface area (Å²) in [5.74, 6) is 5.23. The highest BCUT2D eigenvalue weighted by molar-refractivity contribution is 5.47. The number of nitrogens with two attached hydrogens (primary N) is 1. The number of aromatic nitrogens is 1. The summed E-state index contributed by atoms with van der Waals surface area (Å²) < 4.78 is 4.93. The zero-order chi connectivity index (χ0) is 11.3. The van der Waals surface area contributed by atoms with Crippen LogP contribution in [0.4, 0.5) is 11.5 Å². The van der Waals surface area contributed by atoms with Crippen molar-refractivity contribution in [3.05, 3.63) is 22.2 Å². The standard InChI is InChI=1S/C7H10N4O4/c8-10-6-3-5(11(13)14)4-7(9-6)15-2-1-12/h3-4,12H,1-2,8H2,(H,9,10). The normalized spacial score (nSPS) is 9.73. The van der Waals surface area contributed by atoms with Gasteiger partial charge >= 0.3 is 0 Å². The van der Waals surface area contributed by atoms with Gasteiger partial charge in [-0.1, -0.05) is 0 Å². The van der Waals surface area contributed by atoms with Crippen molar-refractivity contribution in [1.29, 1.82) is 0 Å². The van der Waals surface area contributed by atoms with E-state index in [1.54, 1.807) is 0 Å². The predicted octanol–water partition coefficient (Wildman–Crippen LogP) is -0.354. The van der Waals surface area contributed by atoms with Gasteiger partial charge in [-0.25, -0.2) is 5.84 Å². The SMILES string of the molecule is NNc1cc([N+](=O)[O-])cc(OCCO)n1. The average molecular weight is 214 g/mol. The van der Waals surface area contributed by atoms with Gasteiger partial charge in [0.1, 0.15) is 6.61 Å². The summed E-state index contributed by atoms with van der Waals surface area (Å²) in [6.45, 7) is -0.187. The molecule has 4 N–H and O–H groups in total. The molecule has 0 aliphatic heterocycles. The first-order valence-corrected chi connectivity index (χ1v) is 4.04. The molecule has 0 aromatic carbocycles. The van der Waals surface area contributed by atoms with Crippen LogP contribution in [0.3, 0.4) is 0 Å². The molecule has 82 valence electrons. The van der Waals surface area contributed by atoms with E-state index in [-0.39, 0.29) is 30.6 Å². The van der Waals surface area contributed by atoms with Crippen molar-refractivity contribution in [2.75, 3.05) is 18.6 Å². The lowest BCUT2D eigenvalue weighted by atomic mass is 10.4. The van der Waals surface area contributed by atoms with Gasteiger partial charge in [0.25, 0.3) is 5.69 Å². The van der Waals surface area contributed by atoms with Crippen LogP contribution < -0.4 is 16.0 Å². The molecule has 0 atom stereocenters. The van der Waals surface area contributed by atoms with Gasteiger partial charge in [-0.15, -0.1) is 0 Å². The Hall–Kier alpha value is -1.93. The van der Waals surface area contributed by atoms with Gasteiger partial charge in [-0.2, -0.15) is 4.98 Å². The van der Waals surface area contributed by atoms with Crippen molar-refractivity contribution in [3.8, 4) is 5.88 Å². The molecule has 1 rings (SSSR count). The van der Waals surface area contributed by atoms with E-state index in [9.17, 15) is 10.1 Å². The fraction of sp³-hybridized carbons (Fsp3) is 0.286. The fourth-order valence-corrected chi connectivity index (χ4v) is 0.895. The summed E-state index contributed by atoms with van der Waals surface area (Å²) in [4.78, 5) is 13.7. The minimum Gasteiger partial charge on any atom is -0.475 e. The maximum atomic E-state index is 10.5. The molecule has 0 radical (unpaired) electrons. The van der Waals surface area contributed by atoms with E-state index >= 15 is 0 Å². The number of pyridine rings is 1. The molecule has 0 saturated heterocycles. The molecular formula is C7H10N4O4. The molecule has 1 aromatic rings. The number of aliphatic hydroxyl groups is 1. The number of hydrogen-bond donors (Lipinski definition) is 3. The van der Waals surface area contributed by atoms with E-state index in [4.69, 9.17) is 15.7 Å². The molecule has 0 bridgehead atoms. The summed E-state index contributed by atoms with van der Waals surface area (Å²) in [5.41, 5.74) is 1.99. The second-order valence-corrected chi connectivity index (χ2v) is 2.52. The molecule has 0 aliphatic carbocycles. The van der Waals surface area contributed by atoms with Crippen LogP contribution in [-0.2, 0) is 0 Å². The highest BCUT2D eigenvalue weighted by Gasteiger charge is 2.11. The number of rotatable bonds is 5. The van der Waals surface area contributed by atoms with Gasteiger partial charge in [0.05, 0.1) is 23.7 Å². The van der Waals surface area contributed by atoms with Crippen LogP contribution in [0.1, 0.15) is 0 Å². The van der Waals surface area contributed by atoms with Gasteiger partial charge in [0, 0.05) is 0 Å². The van der Waals surface area contributed by atoms with Crippen molar-refractivity contribution in [2.24, 2.45) is 5.84 Å². The van der Waals surface area contributed by atoms with E-state index in [2.05, 4.69) is 10.4 Å². The molecule has 0 spiro atoms. The van der Waals surface area contributed by atoms with Crippen LogP contribution in [-0.4, -0.2) is 28.2 Å². The van der Waals surface area contributed by atoms with Crippen molar-refractivity contribution >= 4 is 11.5 Å². The van der Waals surface area contributed by atoms with Gasteiger partial charge in [0.2, 0.25) is 5.88 Å². The molecule has 0 saturated carbocycles. The van der Waals surface area contributed by atoms with E-state index < -0.39 is 4.92 Å². The van der Waals surface area contributed by atoms with Crippen molar-refractivity contribution in [2.45, 2.75) is 0 Å². The zero-order valence-electron chi connectivity index (χ0n) is 7.71. The molecule has 0 fully saturated rings. The maximum absolute atomic E-state index is 10.5. The lowest BCUT2D eigenvalue weighted by Crippen LogP contribution is -2.10. The number of nitrogens with one attached hydrogen (secondary N) is 1. The van der Waals surface area contributed by atoms with Crippen LogP contribution in [0.15, 0.2) is 12.1 Å². The van der Waals surface area contributed by atoms with Crippen LogP contribution in [0, 0.1) is 10.1 Å². The van der Waals surface area contributed by atoms with Gasteiger partial charge in [-0.3, -0.25) is 10.1 Å². The Balaban J connectivity index is 2.95. The predicted molar refractivity (Wildman–Crippen MR) is 51.3 cm³/mol. The molecule has 8 nitrogen and oxygen atoms in total. The van der Waals surface area contributed by atoms with Crippen LogP contribution >= 0.6 is 0 Å². The summed E-state index contributed by atoms with van der Waals surface area (Å²) in [6, 6.07) is 2.32. The third-order valence-corrected chi connectivity index (χ3v) is 1.49. The highest BCUT2D eigenvalue weighted by atomic mass is 16.6. The number of ether oxygens (including phenoxy) is 1. The highest BCUT2D eigenvalue weighted by Crippen LogP contribution is 2.21. The number of hydrazine groups is 1. The molecule has 1 heterocycles. The van der Waals surface area contributed by atoms with Crippen LogP contribution in [0.2, 0.25) is 0 Å². The summed E-state index contributed by atoms with van der Waals surface area (Å²) in [5, 5.41) is 19.0. The molecule has 0 unspecified atom stereocenters. The van der Waals surface area contributed by atoms with Crippen molar-refractivity contribution in [3.63, 3.8) is 0 Å². The monoisotopic (exact) mass is 214 g/mol. The third kappa shape index (κ3) is 3.04. The Morgan fingerprint density at radius 3 is 2.93 bits per heavy atom. The van der Waals surface area contributed by atoms with Gasteiger partial charge < -0.3 is 15.3 Å². The van der Waals surface area contributed by atoms with E-state index in [0.717, 1.165) is 6.07 Å². The summed E-state index contributed by atoms with van der Waals surface area (Å²) in [6.07, 6.45) is 0. The molecule has 0 aliphatic rings. The maximum Gasteiger partial charge on any atom is 0.278 e. The zero-order valence-corrected chi connectivity index (χ0v) is 7.71. The second-order valence-electron chi connectivity index (χ2n) is 2.52. The molecule has 8 heteroatoms. The number of aliphatic hydroxyl groups excluding tert-OH is 1. The van der Waals surface area contributed by atoms with E-state index in [1.165, 1.54) is 6.07 Å². The van der Waals surface area contributed by atoms with E-state index in [1.807, 2.05) is 0 Å². The van der Waals surface area contributed by atoms with Crippen LogP contribution in [0.25, 0.3) is 0 Å². The first kappa shape index (κ1) is 11.1.